The molecule has 1 aromatic heterocycles. The number of carbonyl (C=O) groups excluding carboxylic acids is 1. The van der Waals surface area contributed by atoms with Crippen molar-refractivity contribution in [1.29, 1.82) is 0 Å². The first kappa shape index (κ1) is 15.8. The zero-order chi connectivity index (χ0) is 16.2. The molecule has 0 bridgehead atoms. The lowest BCUT2D eigenvalue weighted by atomic mass is 10.1. The topological polar surface area (TPSA) is 73.3 Å². The number of amides is 1. The third kappa shape index (κ3) is 4.18. The van der Waals surface area contributed by atoms with Crippen molar-refractivity contribution in [3.8, 4) is 16.9 Å². The number of hydrogen-bond donors (Lipinski definition) is 1. The van der Waals surface area contributed by atoms with Crippen molar-refractivity contribution >= 4 is 11.8 Å². The van der Waals surface area contributed by atoms with Gasteiger partial charge in [-0.05, 0) is 32.9 Å². The standard InChI is InChI=1S/C16H19N3O3/c1-16(2,3)22-15(20)19-12-5-6-13(14(7-12)21-4)11-8-17-10-18-9-11/h5-10H,1-4H3,(H,19,20). The van der Waals surface area contributed by atoms with Crippen LogP contribution in [0.25, 0.3) is 11.1 Å². The number of ether oxygens (including phenoxy) is 2. The lowest BCUT2D eigenvalue weighted by Crippen LogP contribution is -2.27. The van der Waals surface area contributed by atoms with Gasteiger partial charge in [0.2, 0.25) is 0 Å². The van der Waals surface area contributed by atoms with Gasteiger partial charge in [0, 0.05) is 35.3 Å². The molecule has 0 radical (unpaired) electrons. The maximum Gasteiger partial charge on any atom is 0.412 e. The quantitative estimate of drug-likeness (QED) is 0.939. The molecule has 1 aromatic carbocycles. The number of benzene rings is 1. The van der Waals surface area contributed by atoms with E-state index >= 15 is 0 Å². The second-order valence-electron chi connectivity index (χ2n) is 5.67. The zero-order valence-electron chi connectivity index (χ0n) is 13.1. The first-order chi connectivity index (χ1) is 10.4. The van der Waals surface area contributed by atoms with Crippen LogP contribution in [0.2, 0.25) is 0 Å². The second kappa shape index (κ2) is 6.43. The van der Waals surface area contributed by atoms with Gasteiger partial charge >= 0.3 is 6.09 Å². The molecular weight excluding hydrogens is 282 g/mol. The van der Waals surface area contributed by atoms with Gasteiger partial charge in [-0.1, -0.05) is 0 Å². The average molecular weight is 301 g/mol. The minimum Gasteiger partial charge on any atom is -0.496 e. The Bertz CT molecular complexity index is 651. The first-order valence-electron chi connectivity index (χ1n) is 6.82. The lowest BCUT2D eigenvalue weighted by molar-refractivity contribution is 0.0636. The van der Waals surface area contributed by atoms with Crippen LogP contribution >= 0.6 is 0 Å². The Morgan fingerprint density at radius 3 is 2.45 bits per heavy atom. The van der Waals surface area contributed by atoms with E-state index in [0.717, 1.165) is 11.1 Å². The molecule has 22 heavy (non-hydrogen) atoms. The molecule has 6 heteroatoms. The number of hydrogen-bond acceptors (Lipinski definition) is 5. The van der Waals surface area contributed by atoms with Gasteiger partial charge in [-0.2, -0.15) is 0 Å². The fraction of sp³-hybridized carbons (Fsp3) is 0.312. The van der Waals surface area contributed by atoms with Gasteiger partial charge < -0.3 is 9.47 Å². The van der Waals surface area contributed by atoms with Crippen molar-refractivity contribution < 1.29 is 14.3 Å². The van der Waals surface area contributed by atoms with Gasteiger partial charge in [-0.3, -0.25) is 5.32 Å². The average Bonchev–Trinajstić information content (AvgIpc) is 2.46. The summed E-state index contributed by atoms with van der Waals surface area (Å²) in [5.74, 6) is 0.614. The van der Waals surface area contributed by atoms with Crippen LogP contribution in [0.3, 0.4) is 0 Å². The van der Waals surface area contributed by atoms with Crippen LogP contribution in [0, 0.1) is 0 Å². The highest BCUT2D eigenvalue weighted by Gasteiger charge is 2.17. The van der Waals surface area contributed by atoms with Gasteiger partial charge in [0.05, 0.1) is 7.11 Å². The van der Waals surface area contributed by atoms with Crippen LogP contribution in [-0.2, 0) is 4.74 Å². The summed E-state index contributed by atoms with van der Waals surface area (Å²) in [5, 5.41) is 2.68. The maximum atomic E-state index is 11.8. The third-order valence-electron chi connectivity index (χ3n) is 2.72. The Morgan fingerprint density at radius 1 is 1.18 bits per heavy atom. The number of rotatable bonds is 3. The van der Waals surface area contributed by atoms with Crippen molar-refractivity contribution in [1.82, 2.24) is 9.97 Å². The summed E-state index contributed by atoms with van der Waals surface area (Å²) in [6.07, 6.45) is 4.36. The molecular formula is C16H19N3O3. The third-order valence-corrected chi connectivity index (χ3v) is 2.72. The largest absolute Gasteiger partial charge is 0.496 e. The molecule has 6 nitrogen and oxygen atoms in total. The van der Waals surface area contributed by atoms with E-state index in [-0.39, 0.29) is 0 Å². The molecule has 2 aromatic rings. The number of aromatic nitrogens is 2. The molecule has 0 atom stereocenters. The van der Waals surface area contributed by atoms with E-state index in [4.69, 9.17) is 9.47 Å². The SMILES string of the molecule is COc1cc(NC(=O)OC(C)(C)C)ccc1-c1cncnc1. The molecule has 0 saturated heterocycles. The minimum atomic E-state index is -0.546. The van der Waals surface area contributed by atoms with Crippen molar-refractivity contribution in [3.05, 3.63) is 36.9 Å². The molecule has 0 fully saturated rings. The van der Waals surface area contributed by atoms with E-state index < -0.39 is 11.7 Å². The number of nitrogens with zero attached hydrogens (tertiary/aromatic N) is 2. The molecule has 0 spiro atoms. The second-order valence-corrected chi connectivity index (χ2v) is 5.67. The predicted molar refractivity (Wildman–Crippen MR) is 83.9 cm³/mol. The Balaban J connectivity index is 2.21. The molecule has 2 rings (SSSR count). The molecule has 116 valence electrons. The van der Waals surface area contributed by atoms with Crippen LogP contribution in [0.5, 0.6) is 5.75 Å². The fourth-order valence-corrected chi connectivity index (χ4v) is 1.87. The van der Waals surface area contributed by atoms with Crippen molar-refractivity contribution in [3.63, 3.8) is 0 Å². The summed E-state index contributed by atoms with van der Waals surface area (Å²) in [5.41, 5.74) is 1.72. The summed E-state index contributed by atoms with van der Waals surface area (Å²) < 4.78 is 10.6. The van der Waals surface area contributed by atoms with Crippen molar-refractivity contribution in [2.45, 2.75) is 26.4 Å². The Morgan fingerprint density at radius 2 is 1.86 bits per heavy atom. The van der Waals surface area contributed by atoms with E-state index in [1.54, 1.807) is 31.6 Å². The van der Waals surface area contributed by atoms with Crippen LogP contribution in [-0.4, -0.2) is 28.8 Å². The van der Waals surface area contributed by atoms with E-state index in [0.29, 0.717) is 11.4 Å². The molecule has 1 N–H and O–H groups in total. The van der Waals surface area contributed by atoms with Gasteiger partial charge in [-0.25, -0.2) is 14.8 Å². The Hall–Kier alpha value is -2.63. The van der Waals surface area contributed by atoms with Gasteiger partial charge in [-0.15, -0.1) is 0 Å². The maximum absolute atomic E-state index is 11.8. The first-order valence-corrected chi connectivity index (χ1v) is 6.82. The summed E-state index contributed by atoms with van der Waals surface area (Å²) in [6, 6.07) is 5.34. The smallest absolute Gasteiger partial charge is 0.412 e. The predicted octanol–water partition coefficient (Wildman–Crippen LogP) is 3.50. The van der Waals surface area contributed by atoms with Gasteiger partial charge in [0.25, 0.3) is 0 Å². The monoisotopic (exact) mass is 301 g/mol. The molecule has 0 unspecified atom stereocenters. The summed E-state index contributed by atoms with van der Waals surface area (Å²) in [4.78, 5) is 19.8. The van der Waals surface area contributed by atoms with E-state index in [1.165, 1.54) is 6.33 Å². The molecule has 1 heterocycles. The number of nitrogens with one attached hydrogen (secondary N) is 1. The highest BCUT2D eigenvalue weighted by atomic mass is 16.6. The molecule has 0 aliphatic heterocycles. The number of anilines is 1. The van der Waals surface area contributed by atoms with E-state index in [9.17, 15) is 4.79 Å². The number of carbonyl (C=O) groups is 1. The summed E-state index contributed by atoms with van der Waals surface area (Å²) in [6.45, 7) is 5.43. The van der Waals surface area contributed by atoms with Crippen LogP contribution in [0.4, 0.5) is 10.5 Å². The fourth-order valence-electron chi connectivity index (χ4n) is 1.87. The highest BCUT2D eigenvalue weighted by molar-refractivity contribution is 5.86. The van der Waals surface area contributed by atoms with Crippen molar-refractivity contribution in [2.24, 2.45) is 0 Å². The Kier molecular flexibility index (Phi) is 4.60. The van der Waals surface area contributed by atoms with Crippen LogP contribution in [0.1, 0.15) is 20.8 Å². The van der Waals surface area contributed by atoms with Crippen LogP contribution < -0.4 is 10.1 Å². The Labute approximate surface area is 129 Å². The van der Waals surface area contributed by atoms with Crippen LogP contribution in [0.15, 0.2) is 36.9 Å². The van der Waals surface area contributed by atoms with Gasteiger partial charge in [0.15, 0.2) is 0 Å². The highest BCUT2D eigenvalue weighted by Crippen LogP contribution is 2.31. The van der Waals surface area contributed by atoms with E-state index in [1.807, 2.05) is 26.8 Å². The lowest BCUT2D eigenvalue weighted by Gasteiger charge is -2.20. The summed E-state index contributed by atoms with van der Waals surface area (Å²) >= 11 is 0. The zero-order valence-corrected chi connectivity index (χ0v) is 13.1. The number of methoxy groups -OCH3 is 1. The molecule has 0 saturated carbocycles. The summed E-state index contributed by atoms with van der Waals surface area (Å²) in [7, 11) is 1.57. The van der Waals surface area contributed by atoms with Gasteiger partial charge in [0.1, 0.15) is 17.7 Å². The molecule has 1 amide bonds. The van der Waals surface area contributed by atoms with E-state index in [2.05, 4.69) is 15.3 Å². The normalized spacial score (nSPS) is 10.9. The minimum absolute atomic E-state index is 0.509. The van der Waals surface area contributed by atoms with Crippen molar-refractivity contribution in [2.75, 3.05) is 12.4 Å². The molecule has 0 aliphatic rings. The molecule has 0 aliphatic carbocycles.